The molecule has 1 unspecified atom stereocenters. The van der Waals surface area contributed by atoms with Crippen molar-refractivity contribution in [2.24, 2.45) is 5.92 Å². The van der Waals surface area contributed by atoms with E-state index in [0.717, 1.165) is 19.1 Å². The standard InChI is InChI=1S/C15H31NO/c1-4-16-15(12-17-13(2)3)11-10-14-8-6-5-7-9-14/h13-16H,4-12H2,1-3H3. The van der Waals surface area contributed by atoms with E-state index in [4.69, 9.17) is 4.74 Å². The highest BCUT2D eigenvalue weighted by Crippen LogP contribution is 2.27. The van der Waals surface area contributed by atoms with Gasteiger partial charge in [0.05, 0.1) is 12.7 Å². The van der Waals surface area contributed by atoms with Crippen molar-refractivity contribution in [3.63, 3.8) is 0 Å². The van der Waals surface area contributed by atoms with E-state index < -0.39 is 0 Å². The van der Waals surface area contributed by atoms with Crippen LogP contribution in [0.4, 0.5) is 0 Å². The van der Waals surface area contributed by atoms with E-state index in [2.05, 4.69) is 26.1 Å². The quantitative estimate of drug-likeness (QED) is 0.699. The van der Waals surface area contributed by atoms with Crippen LogP contribution < -0.4 is 5.32 Å². The lowest BCUT2D eigenvalue weighted by atomic mass is 9.85. The predicted molar refractivity (Wildman–Crippen MR) is 74.4 cm³/mol. The number of rotatable bonds is 8. The zero-order valence-corrected chi connectivity index (χ0v) is 12.0. The Morgan fingerprint density at radius 3 is 2.47 bits per heavy atom. The van der Waals surface area contributed by atoms with Gasteiger partial charge in [-0.25, -0.2) is 0 Å². The summed E-state index contributed by atoms with van der Waals surface area (Å²) in [6, 6.07) is 0.560. The second-order valence-electron chi connectivity index (χ2n) is 5.72. The van der Waals surface area contributed by atoms with Gasteiger partial charge < -0.3 is 10.1 Å². The molecule has 1 N–H and O–H groups in total. The Labute approximate surface area is 108 Å². The smallest absolute Gasteiger partial charge is 0.0623 e. The van der Waals surface area contributed by atoms with E-state index in [9.17, 15) is 0 Å². The van der Waals surface area contributed by atoms with Crippen LogP contribution >= 0.6 is 0 Å². The van der Waals surface area contributed by atoms with Crippen molar-refractivity contribution in [3.8, 4) is 0 Å². The molecule has 0 aromatic rings. The van der Waals surface area contributed by atoms with Crippen LogP contribution in [-0.4, -0.2) is 25.3 Å². The van der Waals surface area contributed by atoms with Gasteiger partial charge in [0.2, 0.25) is 0 Å². The molecule has 2 heteroatoms. The van der Waals surface area contributed by atoms with Crippen LogP contribution in [0.5, 0.6) is 0 Å². The molecule has 0 heterocycles. The maximum absolute atomic E-state index is 5.73. The minimum atomic E-state index is 0.353. The van der Waals surface area contributed by atoms with E-state index >= 15 is 0 Å². The van der Waals surface area contributed by atoms with E-state index in [1.54, 1.807) is 0 Å². The summed E-state index contributed by atoms with van der Waals surface area (Å²) >= 11 is 0. The van der Waals surface area contributed by atoms with Gasteiger partial charge in [0.1, 0.15) is 0 Å². The molecule has 1 aliphatic rings. The van der Waals surface area contributed by atoms with Crippen molar-refractivity contribution in [1.29, 1.82) is 0 Å². The molecule has 0 aliphatic heterocycles. The highest BCUT2D eigenvalue weighted by atomic mass is 16.5. The Bertz CT molecular complexity index is 176. The number of hydrogen-bond donors (Lipinski definition) is 1. The molecule has 1 saturated carbocycles. The van der Waals surface area contributed by atoms with Crippen molar-refractivity contribution < 1.29 is 4.74 Å². The molecule has 1 aliphatic carbocycles. The number of nitrogens with one attached hydrogen (secondary N) is 1. The van der Waals surface area contributed by atoms with Gasteiger partial charge in [0.15, 0.2) is 0 Å². The van der Waals surface area contributed by atoms with Crippen molar-refractivity contribution in [2.45, 2.75) is 77.9 Å². The maximum Gasteiger partial charge on any atom is 0.0623 e. The summed E-state index contributed by atoms with van der Waals surface area (Å²) in [4.78, 5) is 0. The summed E-state index contributed by atoms with van der Waals surface area (Å²) in [5.74, 6) is 0.990. The highest BCUT2D eigenvalue weighted by Gasteiger charge is 2.16. The molecule has 0 saturated heterocycles. The fourth-order valence-electron chi connectivity index (χ4n) is 2.75. The lowest BCUT2D eigenvalue weighted by Crippen LogP contribution is -2.34. The first kappa shape index (κ1) is 15.0. The second kappa shape index (κ2) is 8.93. The summed E-state index contributed by atoms with van der Waals surface area (Å²) in [7, 11) is 0. The summed E-state index contributed by atoms with van der Waals surface area (Å²) < 4.78 is 5.73. The molecule has 17 heavy (non-hydrogen) atoms. The molecule has 0 bridgehead atoms. The van der Waals surface area contributed by atoms with Gasteiger partial charge in [0.25, 0.3) is 0 Å². The van der Waals surface area contributed by atoms with Gasteiger partial charge in [-0.2, -0.15) is 0 Å². The third-order valence-corrected chi connectivity index (χ3v) is 3.77. The van der Waals surface area contributed by atoms with Gasteiger partial charge in [-0.15, -0.1) is 0 Å². The molecule has 1 rings (SSSR count). The number of likely N-dealkylation sites (N-methyl/N-ethyl adjacent to an activating group) is 1. The molecular formula is C15H31NO. The third-order valence-electron chi connectivity index (χ3n) is 3.77. The summed E-state index contributed by atoms with van der Waals surface area (Å²) in [5.41, 5.74) is 0. The summed E-state index contributed by atoms with van der Waals surface area (Å²) in [5, 5.41) is 3.55. The van der Waals surface area contributed by atoms with Gasteiger partial charge >= 0.3 is 0 Å². The molecule has 0 spiro atoms. The van der Waals surface area contributed by atoms with Crippen molar-refractivity contribution in [1.82, 2.24) is 5.32 Å². The van der Waals surface area contributed by atoms with Gasteiger partial charge in [-0.3, -0.25) is 0 Å². The average Bonchev–Trinajstić information content (AvgIpc) is 2.34. The molecule has 0 radical (unpaired) electrons. The molecule has 2 nitrogen and oxygen atoms in total. The first-order valence-electron chi connectivity index (χ1n) is 7.57. The van der Waals surface area contributed by atoms with Crippen LogP contribution in [-0.2, 0) is 4.74 Å². The SMILES string of the molecule is CCNC(CCC1CCCCC1)COC(C)C. The predicted octanol–water partition coefficient (Wildman–Crippen LogP) is 3.75. The highest BCUT2D eigenvalue weighted by molar-refractivity contribution is 4.71. The van der Waals surface area contributed by atoms with E-state index in [1.165, 1.54) is 44.9 Å². The lowest BCUT2D eigenvalue weighted by Gasteiger charge is -2.25. The first-order valence-corrected chi connectivity index (χ1v) is 7.57. The monoisotopic (exact) mass is 241 g/mol. The lowest BCUT2D eigenvalue weighted by molar-refractivity contribution is 0.0581. The van der Waals surface area contributed by atoms with Crippen LogP contribution in [0.2, 0.25) is 0 Å². The Kier molecular flexibility index (Phi) is 7.87. The third kappa shape index (κ3) is 7.05. The topological polar surface area (TPSA) is 21.3 Å². The number of hydrogen-bond acceptors (Lipinski definition) is 2. The van der Waals surface area contributed by atoms with E-state index in [-0.39, 0.29) is 0 Å². The Morgan fingerprint density at radius 1 is 1.18 bits per heavy atom. The molecular weight excluding hydrogens is 210 g/mol. The largest absolute Gasteiger partial charge is 0.377 e. The Balaban J connectivity index is 2.17. The molecule has 0 amide bonds. The van der Waals surface area contributed by atoms with Crippen LogP contribution in [0.3, 0.4) is 0 Å². The van der Waals surface area contributed by atoms with Crippen LogP contribution in [0, 0.1) is 5.92 Å². The fraction of sp³-hybridized carbons (Fsp3) is 1.00. The van der Waals surface area contributed by atoms with E-state index in [1.807, 2.05) is 0 Å². The first-order chi connectivity index (χ1) is 8.22. The molecule has 1 atom stereocenters. The summed E-state index contributed by atoms with van der Waals surface area (Å²) in [6.07, 6.45) is 10.3. The average molecular weight is 241 g/mol. The van der Waals surface area contributed by atoms with Crippen molar-refractivity contribution in [3.05, 3.63) is 0 Å². The van der Waals surface area contributed by atoms with Crippen LogP contribution in [0.1, 0.15) is 65.7 Å². The molecule has 1 fully saturated rings. The number of ether oxygens (including phenoxy) is 1. The second-order valence-corrected chi connectivity index (χ2v) is 5.72. The minimum absolute atomic E-state index is 0.353. The Morgan fingerprint density at radius 2 is 1.88 bits per heavy atom. The van der Waals surface area contributed by atoms with Gasteiger partial charge in [-0.1, -0.05) is 39.0 Å². The van der Waals surface area contributed by atoms with Gasteiger partial charge in [-0.05, 0) is 39.2 Å². The maximum atomic E-state index is 5.73. The molecule has 0 aromatic heterocycles. The zero-order valence-electron chi connectivity index (χ0n) is 12.0. The van der Waals surface area contributed by atoms with E-state index in [0.29, 0.717) is 12.1 Å². The van der Waals surface area contributed by atoms with Crippen molar-refractivity contribution >= 4 is 0 Å². The Hall–Kier alpha value is -0.0800. The fourth-order valence-corrected chi connectivity index (χ4v) is 2.75. The van der Waals surface area contributed by atoms with Crippen LogP contribution in [0.25, 0.3) is 0 Å². The summed E-state index contributed by atoms with van der Waals surface area (Å²) in [6.45, 7) is 8.34. The minimum Gasteiger partial charge on any atom is -0.377 e. The van der Waals surface area contributed by atoms with Gasteiger partial charge in [0, 0.05) is 6.04 Å². The zero-order chi connectivity index (χ0) is 12.5. The molecule has 0 aromatic carbocycles. The van der Waals surface area contributed by atoms with Crippen molar-refractivity contribution in [2.75, 3.05) is 13.2 Å². The van der Waals surface area contributed by atoms with Crippen LogP contribution in [0.15, 0.2) is 0 Å². The normalized spacial score (nSPS) is 19.8. The molecule has 102 valence electrons.